The lowest BCUT2D eigenvalue weighted by Crippen LogP contribution is -2.29. The molecular weight excluding hydrogens is 422 g/mol. The molecule has 0 saturated carbocycles. The average molecular weight is 450 g/mol. The normalized spacial score (nSPS) is 22.0. The number of hydrogen-bond donors (Lipinski definition) is 2. The first-order chi connectivity index (χ1) is 14.5. The number of hydrogen-bond acceptors (Lipinski definition) is 8. The highest BCUT2D eigenvalue weighted by Gasteiger charge is 2.38. The Morgan fingerprint density at radius 1 is 0.867 bits per heavy atom. The molecular formula is C22H27NO5S2. The fraction of sp³-hybridized carbons (Fsp3) is 0.409. The molecule has 6 nitrogen and oxygen atoms in total. The summed E-state index contributed by atoms with van der Waals surface area (Å²) in [5.41, 5.74) is 1.64. The van der Waals surface area contributed by atoms with Crippen molar-refractivity contribution in [1.82, 2.24) is 0 Å². The molecule has 1 saturated heterocycles. The predicted molar refractivity (Wildman–Crippen MR) is 123 cm³/mol. The zero-order chi connectivity index (χ0) is 21.7. The van der Waals surface area contributed by atoms with Gasteiger partial charge in [-0.3, -0.25) is 5.41 Å². The number of thioether (sulfide) groups is 2. The molecule has 30 heavy (non-hydrogen) atoms. The van der Waals surface area contributed by atoms with Crippen LogP contribution in [0.1, 0.15) is 23.5 Å². The number of ether oxygens (including phenoxy) is 4. The minimum atomic E-state index is -1.18. The minimum Gasteiger partial charge on any atom is -0.493 e. The Balaban J connectivity index is 2.01. The number of rotatable bonds is 6. The summed E-state index contributed by atoms with van der Waals surface area (Å²) in [6.07, 6.45) is 0.356. The molecule has 0 aromatic heterocycles. The molecule has 1 fully saturated rings. The van der Waals surface area contributed by atoms with E-state index in [1.165, 1.54) is 23.5 Å². The van der Waals surface area contributed by atoms with E-state index < -0.39 is 4.93 Å². The van der Waals surface area contributed by atoms with E-state index in [-0.39, 0.29) is 5.92 Å². The van der Waals surface area contributed by atoms with Crippen LogP contribution in [0.5, 0.6) is 23.0 Å². The van der Waals surface area contributed by atoms with E-state index in [1.807, 2.05) is 30.3 Å². The van der Waals surface area contributed by atoms with Crippen molar-refractivity contribution in [2.75, 3.05) is 39.9 Å². The van der Waals surface area contributed by atoms with E-state index >= 15 is 0 Å². The molecule has 2 N–H and O–H groups in total. The van der Waals surface area contributed by atoms with E-state index in [1.54, 1.807) is 34.5 Å². The lowest BCUT2D eigenvalue weighted by atomic mass is 9.90. The molecule has 0 radical (unpaired) electrons. The van der Waals surface area contributed by atoms with Crippen molar-refractivity contribution in [3.05, 3.63) is 47.5 Å². The maximum absolute atomic E-state index is 11.7. The van der Waals surface area contributed by atoms with Gasteiger partial charge in [-0.2, -0.15) is 0 Å². The molecule has 1 aliphatic rings. The zero-order valence-corrected chi connectivity index (χ0v) is 19.2. The summed E-state index contributed by atoms with van der Waals surface area (Å²) < 4.78 is 21.6. The molecule has 0 amide bonds. The Morgan fingerprint density at radius 2 is 1.47 bits per heavy atom. The van der Waals surface area contributed by atoms with Gasteiger partial charge in [0.25, 0.3) is 0 Å². The fourth-order valence-electron chi connectivity index (χ4n) is 3.51. The standard InChI is InChI=1S/C22H27NO5S2/c1-25-17-7-5-14(11-19(17)27-3)16-13-22(24,30-10-9-29-21(16)23)15-6-8-18(26-2)20(12-15)28-4/h5-8,11-12,16,23-24H,9-10,13H2,1-4H3. The summed E-state index contributed by atoms with van der Waals surface area (Å²) >= 11 is 3.01. The summed E-state index contributed by atoms with van der Waals surface area (Å²) in [7, 11) is 6.35. The first kappa shape index (κ1) is 22.7. The maximum Gasteiger partial charge on any atom is 0.161 e. The van der Waals surface area contributed by atoms with Crippen LogP contribution < -0.4 is 18.9 Å². The summed E-state index contributed by atoms with van der Waals surface area (Å²) in [4.78, 5) is -1.18. The van der Waals surface area contributed by atoms with Crippen LogP contribution in [0, 0.1) is 5.41 Å². The van der Waals surface area contributed by atoms with Gasteiger partial charge in [-0.25, -0.2) is 0 Å². The zero-order valence-electron chi connectivity index (χ0n) is 17.6. The molecule has 3 rings (SSSR count). The highest BCUT2D eigenvalue weighted by molar-refractivity contribution is 8.14. The van der Waals surface area contributed by atoms with Crippen molar-refractivity contribution in [3.8, 4) is 23.0 Å². The third-order valence-corrected chi connectivity index (χ3v) is 7.67. The predicted octanol–water partition coefficient (Wildman–Crippen LogP) is 4.50. The second-order valence-electron chi connectivity index (χ2n) is 6.79. The average Bonchev–Trinajstić information content (AvgIpc) is 2.78. The summed E-state index contributed by atoms with van der Waals surface area (Å²) in [5.74, 6) is 3.63. The number of nitrogens with one attached hydrogen (secondary N) is 1. The second kappa shape index (κ2) is 9.85. The fourth-order valence-corrected chi connectivity index (χ4v) is 5.73. The van der Waals surface area contributed by atoms with Crippen LogP contribution in [0.25, 0.3) is 0 Å². The van der Waals surface area contributed by atoms with Crippen molar-refractivity contribution in [2.45, 2.75) is 17.3 Å². The van der Waals surface area contributed by atoms with Gasteiger partial charge in [0.1, 0.15) is 4.93 Å². The maximum atomic E-state index is 11.7. The van der Waals surface area contributed by atoms with Crippen LogP contribution in [-0.4, -0.2) is 50.1 Å². The van der Waals surface area contributed by atoms with Gasteiger partial charge >= 0.3 is 0 Å². The van der Waals surface area contributed by atoms with Crippen LogP contribution in [0.4, 0.5) is 0 Å². The molecule has 0 bridgehead atoms. The Labute approximate surface area is 185 Å². The highest BCUT2D eigenvalue weighted by atomic mass is 32.2. The van der Waals surface area contributed by atoms with Crippen LogP contribution in [-0.2, 0) is 4.93 Å². The quantitative estimate of drug-likeness (QED) is 0.672. The topological polar surface area (TPSA) is 81.0 Å². The Hall–Kier alpha value is -2.03. The van der Waals surface area contributed by atoms with E-state index in [9.17, 15) is 5.11 Å². The molecule has 2 atom stereocenters. The van der Waals surface area contributed by atoms with Gasteiger partial charge in [-0.15, -0.1) is 23.5 Å². The van der Waals surface area contributed by atoms with E-state index in [0.717, 1.165) is 22.6 Å². The van der Waals surface area contributed by atoms with Crippen molar-refractivity contribution >= 4 is 28.6 Å². The van der Waals surface area contributed by atoms with E-state index in [0.29, 0.717) is 34.5 Å². The lowest BCUT2D eigenvalue weighted by molar-refractivity contribution is 0.124. The highest BCUT2D eigenvalue weighted by Crippen LogP contribution is 2.48. The van der Waals surface area contributed by atoms with Crippen molar-refractivity contribution in [3.63, 3.8) is 0 Å². The summed E-state index contributed by atoms with van der Waals surface area (Å²) in [6, 6.07) is 11.1. The first-order valence-electron chi connectivity index (χ1n) is 9.47. The second-order valence-corrected chi connectivity index (χ2v) is 9.30. The molecule has 2 aromatic rings. The van der Waals surface area contributed by atoms with Crippen molar-refractivity contribution in [1.29, 1.82) is 5.41 Å². The van der Waals surface area contributed by atoms with Gasteiger partial charge in [-0.05, 0) is 35.4 Å². The first-order valence-corrected chi connectivity index (χ1v) is 11.4. The van der Waals surface area contributed by atoms with Crippen LogP contribution in [0.15, 0.2) is 36.4 Å². The lowest BCUT2D eigenvalue weighted by Gasteiger charge is -2.34. The van der Waals surface area contributed by atoms with E-state index in [2.05, 4.69) is 0 Å². The number of methoxy groups -OCH3 is 4. The number of aliphatic hydroxyl groups is 1. The SMILES string of the molecule is COc1ccc(C2CC(O)(c3ccc(OC)c(OC)c3)SCCSC2=N)cc1OC. The largest absolute Gasteiger partial charge is 0.493 e. The van der Waals surface area contributed by atoms with Crippen molar-refractivity contribution in [2.24, 2.45) is 0 Å². The van der Waals surface area contributed by atoms with Gasteiger partial charge in [0, 0.05) is 23.8 Å². The van der Waals surface area contributed by atoms with Crippen LogP contribution in [0.3, 0.4) is 0 Å². The molecule has 2 unspecified atom stereocenters. The third kappa shape index (κ3) is 4.66. The Bertz CT molecular complexity index is 907. The van der Waals surface area contributed by atoms with Gasteiger partial charge in [-0.1, -0.05) is 12.1 Å². The molecule has 8 heteroatoms. The van der Waals surface area contributed by atoms with Crippen LogP contribution >= 0.6 is 23.5 Å². The molecule has 162 valence electrons. The Morgan fingerprint density at radius 3 is 2.10 bits per heavy atom. The molecule has 2 aromatic carbocycles. The molecule has 0 aliphatic carbocycles. The van der Waals surface area contributed by atoms with Gasteiger partial charge in [0.05, 0.1) is 33.5 Å². The summed E-state index contributed by atoms with van der Waals surface area (Å²) in [6.45, 7) is 0. The van der Waals surface area contributed by atoms with E-state index in [4.69, 9.17) is 24.4 Å². The number of benzene rings is 2. The molecule has 1 aliphatic heterocycles. The summed E-state index contributed by atoms with van der Waals surface area (Å²) in [5, 5.41) is 20.9. The monoisotopic (exact) mass is 449 g/mol. The molecule has 0 spiro atoms. The molecule has 1 heterocycles. The third-order valence-electron chi connectivity index (χ3n) is 5.12. The van der Waals surface area contributed by atoms with Gasteiger partial charge in [0.15, 0.2) is 23.0 Å². The minimum absolute atomic E-state index is 0.277. The smallest absolute Gasteiger partial charge is 0.161 e. The Kier molecular flexibility index (Phi) is 7.44. The van der Waals surface area contributed by atoms with Gasteiger partial charge in [0.2, 0.25) is 0 Å². The van der Waals surface area contributed by atoms with Crippen molar-refractivity contribution < 1.29 is 24.1 Å². The van der Waals surface area contributed by atoms with Gasteiger partial charge < -0.3 is 24.1 Å². The van der Waals surface area contributed by atoms with Crippen LogP contribution in [0.2, 0.25) is 0 Å².